The van der Waals surface area contributed by atoms with Gasteiger partial charge in [-0.05, 0) is 54.7 Å². The molecule has 0 saturated heterocycles. The molecule has 0 radical (unpaired) electrons. The molecule has 3 nitrogen and oxygen atoms in total. The third-order valence-electron chi connectivity index (χ3n) is 4.51. The molecule has 1 aliphatic rings. The molecule has 3 aromatic rings. The lowest BCUT2D eigenvalue weighted by Crippen LogP contribution is -2.14. The van der Waals surface area contributed by atoms with Gasteiger partial charge < -0.3 is 5.73 Å². The van der Waals surface area contributed by atoms with Crippen LogP contribution in [0.4, 0.5) is 10.3 Å². The second kappa shape index (κ2) is 4.75. The zero-order valence-electron chi connectivity index (χ0n) is 13.2. The second-order valence-electron chi connectivity index (χ2n) is 6.58. The van der Waals surface area contributed by atoms with Crippen molar-refractivity contribution >= 4 is 16.7 Å². The molecular weight excluding hydrogens is 289 g/mol. The van der Waals surface area contributed by atoms with Crippen molar-refractivity contribution in [3.63, 3.8) is 0 Å². The predicted molar refractivity (Wildman–Crippen MR) is 90.9 cm³/mol. The summed E-state index contributed by atoms with van der Waals surface area (Å²) in [6, 6.07) is 12.3. The van der Waals surface area contributed by atoms with Crippen LogP contribution in [0.15, 0.2) is 36.4 Å². The van der Waals surface area contributed by atoms with Gasteiger partial charge >= 0.3 is 0 Å². The van der Waals surface area contributed by atoms with Gasteiger partial charge in [-0.2, -0.15) is 0 Å². The highest BCUT2D eigenvalue weighted by molar-refractivity contribution is 6.00. The summed E-state index contributed by atoms with van der Waals surface area (Å²) in [5.74, 6) is 0.103. The fourth-order valence-corrected chi connectivity index (χ4v) is 3.38. The number of rotatable bonds is 2. The van der Waals surface area contributed by atoms with Crippen molar-refractivity contribution in [1.82, 2.24) is 9.97 Å². The van der Waals surface area contributed by atoms with Crippen LogP contribution in [0.2, 0.25) is 0 Å². The van der Waals surface area contributed by atoms with E-state index < -0.39 is 5.67 Å². The molecule has 0 bridgehead atoms. The summed E-state index contributed by atoms with van der Waals surface area (Å²) in [5, 5.41) is 2.46. The van der Waals surface area contributed by atoms with Crippen LogP contribution in [0, 0.1) is 0 Å². The molecule has 0 spiro atoms. The fourth-order valence-electron chi connectivity index (χ4n) is 3.38. The number of halogens is 1. The molecule has 0 saturated carbocycles. The first kappa shape index (κ1) is 14.1. The smallest absolute Gasteiger partial charge is 0.220 e. The van der Waals surface area contributed by atoms with Crippen LogP contribution in [-0.2, 0) is 18.5 Å². The van der Waals surface area contributed by atoms with E-state index in [0.717, 1.165) is 23.8 Å². The SMILES string of the molecule is CC(C)(F)c1cc(-c2ccc3c4c(cccc24)CC3)nc(N)n1. The van der Waals surface area contributed by atoms with Crippen molar-refractivity contribution in [1.29, 1.82) is 0 Å². The quantitative estimate of drug-likeness (QED) is 0.772. The van der Waals surface area contributed by atoms with Crippen molar-refractivity contribution in [2.75, 3.05) is 5.73 Å². The monoisotopic (exact) mass is 307 g/mol. The molecule has 0 fully saturated rings. The van der Waals surface area contributed by atoms with Gasteiger partial charge in [0.05, 0.1) is 11.4 Å². The lowest BCUT2D eigenvalue weighted by molar-refractivity contribution is 0.214. The third-order valence-corrected chi connectivity index (χ3v) is 4.51. The van der Waals surface area contributed by atoms with E-state index in [1.807, 2.05) is 0 Å². The first-order valence-corrected chi connectivity index (χ1v) is 7.81. The van der Waals surface area contributed by atoms with Gasteiger partial charge in [-0.3, -0.25) is 0 Å². The van der Waals surface area contributed by atoms with Gasteiger partial charge in [-0.15, -0.1) is 0 Å². The standard InChI is InChI=1S/C19H18FN3/c1-19(2,20)16-10-15(22-18(21)23-16)13-9-8-12-7-6-11-4-3-5-14(13)17(11)12/h3-5,8-10H,6-7H2,1-2H3,(H2,21,22,23). The molecule has 116 valence electrons. The number of aromatic nitrogens is 2. The Morgan fingerprint density at radius 1 is 1.04 bits per heavy atom. The van der Waals surface area contributed by atoms with E-state index >= 15 is 0 Å². The normalized spacial score (nSPS) is 13.7. The van der Waals surface area contributed by atoms with Gasteiger partial charge in [0.1, 0.15) is 5.67 Å². The Kier molecular flexibility index (Phi) is 2.92. The molecule has 2 aromatic carbocycles. The van der Waals surface area contributed by atoms with Crippen molar-refractivity contribution in [3.8, 4) is 11.3 Å². The molecule has 2 N–H and O–H groups in total. The van der Waals surface area contributed by atoms with Gasteiger partial charge in [-0.1, -0.05) is 30.3 Å². The van der Waals surface area contributed by atoms with E-state index in [2.05, 4.69) is 40.3 Å². The van der Waals surface area contributed by atoms with Gasteiger partial charge in [0.25, 0.3) is 0 Å². The number of aryl methyl sites for hydroxylation is 2. The lowest BCUT2D eigenvalue weighted by Gasteiger charge is -2.16. The van der Waals surface area contributed by atoms with Crippen LogP contribution in [-0.4, -0.2) is 9.97 Å². The number of nitrogen functional groups attached to an aromatic ring is 1. The number of anilines is 1. The van der Waals surface area contributed by atoms with E-state index in [-0.39, 0.29) is 5.95 Å². The van der Waals surface area contributed by atoms with E-state index in [1.165, 1.54) is 30.4 Å². The van der Waals surface area contributed by atoms with Crippen LogP contribution < -0.4 is 5.73 Å². The van der Waals surface area contributed by atoms with Crippen LogP contribution in [0.3, 0.4) is 0 Å². The van der Waals surface area contributed by atoms with E-state index in [0.29, 0.717) is 11.4 Å². The van der Waals surface area contributed by atoms with Gasteiger partial charge in [0.2, 0.25) is 5.95 Å². The van der Waals surface area contributed by atoms with E-state index in [1.54, 1.807) is 6.07 Å². The van der Waals surface area contributed by atoms with E-state index in [4.69, 9.17) is 5.73 Å². The number of nitrogens with two attached hydrogens (primary N) is 1. The Morgan fingerprint density at radius 3 is 2.52 bits per heavy atom. The third kappa shape index (κ3) is 2.25. The molecule has 23 heavy (non-hydrogen) atoms. The second-order valence-corrected chi connectivity index (χ2v) is 6.58. The number of benzene rings is 2. The topological polar surface area (TPSA) is 51.8 Å². The summed E-state index contributed by atoms with van der Waals surface area (Å²) in [5.41, 5.74) is 8.96. The molecule has 0 unspecified atom stereocenters. The first-order chi connectivity index (χ1) is 10.9. The Hall–Kier alpha value is -2.49. The number of hydrogen-bond acceptors (Lipinski definition) is 3. The highest BCUT2D eigenvalue weighted by Crippen LogP contribution is 2.37. The van der Waals surface area contributed by atoms with Gasteiger partial charge in [0, 0.05) is 5.56 Å². The molecule has 0 atom stereocenters. The Balaban J connectivity index is 2.00. The molecule has 1 aromatic heterocycles. The molecule has 0 amide bonds. The average molecular weight is 307 g/mol. The number of hydrogen-bond donors (Lipinski definition) is 1. The Morgan fingerprint density at radius 2 is 1.78 bits per heavy atom. The summed E-state index contributed by atoms with van der Waals surface area (Å²) in [6.07, 6.45) is 2.15. The minimum atomic E-state index is -1.55. The summed E-state index contributed by atoms with van der Waals surface area (Å²) in [7, 11) is 0. The van der Waals surface area contributed by atoms with Gasteiger partial charge in [-0.25, -0.2) is 14.4 Å². The first-order valence-electron chi connectivity index (χ1n) is 7.81. The van der Waals surface area contributed by atoms with Crippen LogP contribution >= 0.6 is 0 Å². The summed E-state index contributed by atoms with van der Waals surface area (Å²) in [6.45, 7) is 2.96. The minimum Gasteiger partial charge on any atom is -0.368 e. The average Bonchev–Trinajstić information content (AvgIpc) is 2.91. The molecule has 1 heterocycles. The zero-order chi connectivity index (χ0) is 16.2. The maximum absolute atomic E-state index is 14.3. The minimum absolute atomic E-state index is 0.103. The van der Waals surface area contributed by atoms with Gasteiger partial charge in [0.15, 0.2) is 0 Å². The molecule has 4 rings (SSSR count). The highest BCUT2D eigenvalue weighted by Gasteiger charge is 2.23. The number of alkyl halides is 1. The largest absolute Gasteiger partial charge is 0.368 e. The van der Waals surface area contributed by atoms with Crippen molar-refractivity contribution in [3.05, 3.63) is 53.2 Å². The zero-order valence-corrected chi connectivity index (χ0v) is 13.2. The van der Waals surface area contributed by atoms with Crippen molar-refractivity contribution in [2.45, 2.75) is 32.4 Å². The van der Waals surface area contributed by atoms with Crippen LogP contribution in [0.25, 0.3) is 22.0 Å². The maximum atomic E-state index is 14.3. The predicted octanol–water partition coefficient (Wildman–Crippen LogP) is 4.18. The summed E-state index contributed by atoms with van der Waals surface area (Å²) < 4.78 is 14.3. The Labute approximate surface area is 134 Å². The fraction of sp³-hybridized carbons (Fsp3) is 0.263. The van der Waals surface area contributed by atoms with Crippen LogP contribution in [0.1, 0.15) is 30.7 Å². The highest BCUT2D eigenvalue weighted by atomic mass is 19.1. The molecule has 0 aliphatic heterocycles. The Bertz CT molecular complexity index is 916. The van der Waals surface area contributed by atoms with Crippen molar-refractivity contribution < 1.29 is 4.39 Å². The molecule has 1 aliphatic carbocycles. The summed E-state index contributed by atoms with van der Waals surface area (Å²) >= 11 is 0. The molecule has 4 heteroatoms. The maximum Gasteiger partial charge on any atom is 0.220 e. The van der Waals surface area contributed by atoms with E-state index in [9.17, 15) is 4.39 Å². The summed E-state index contributed by atoms with van der Waals surface area (Å²) in [4.78, 5) is 8.40. The number of nitrogens with zero attached hydrogens (tertiary/aromatic N) is 2. The van der Waals surface area contributed by atoms with Crippen LogP contribution in [0.5, 0.6) is 0 Å². The molecular formula is C19H18FN3. The van der Waals surface area contributed by atoms with Crippen molar-refractivity contribution in [2.24, 2.45) is 0 Å². The lowest BCUT2D eigenvalue weighted by atomic mass is 9.96.